The van der Waals surface area contributed by atoms with Gasteiger partial charge in [-0.1, -0.05) is 0 Å². The lowest BCUT2D eigenvalue weighted by molar-refractivity contribution is -0.0548. The van der Waals surface area contributed by atoms with Crippen molar-refractivity contribution < 1.29 is 20.1 Å². The molecule has 1 saturated heterocycles. The average molecular weight is 299 g/mol. The predicted molar refractivity (Wildman–Crippen MR) is 70.3 cm³/mol. The second-order valence-corrected chi connectivity index (χ2v) is 4.81. The molecule has 0 aliphatic carbocycles. The number of H-pyrrole nitrogens is 1. The van der Waals surface area contributed by atoms with Crippen LogP contribution in [0.1, 0.15) is 0 Å². The van der Waals surface area contributed by atoms with Gasteiger partial charge in [-0.15, -0.1) is 0 Å². The number of nitrogens with one attached hydrogen (secondary N) is 1. The summed E-state index contributed by atoms with van der Waals surface area (Å²) in [6, 6.07) is 0. The van der Waals surface area contributed by atoms with Gasteiger partial charge < -0.3 is 31.0 Å². The van der Waals surface area contributed by atoms with Crippen LogP contribution in [-0.2, 0) is 4.74 Å². The van der Waals surface area contributed by atoms with Crippen LogP contribution in [-0.4, -0.2) is 62.8 Å². The van der Waals surface area contributed by atoms with Crippen LogP contribution in [0.4, 0.5) is 17.5 Å². The molecule has 0 amide bonds. The molecule has 1 aromatic rings. The summed E-state index contributed by atoms with van der Waals surface area (Å²) in [6.07, 6.45) is -4.84. The average Bonchev–Trinajstić information content (AvgIpc) is 2.91. The summed E-state index contributed by atoms with van der Waals surface area (Å²) in [5.41, 5.74) is 4.47. The Morgan fingerprint density at radius 3 is 2.81 bits per heavy atom. The first kappa shape index (κ1) is 14.1. The molecular weight excluding hydrogens is 286 g/mol. The number of fused-ring (bicyclic) bond motifs is 1. The minimum Gasteiger partial charge on any atom is -0.618 e. The Hall–Kier alpha value is -1.89. The van der Waals surface area contributed by atoms with E-state index in [2.05, 4.69) is 15.0 Å². The van der Waals surface area contributed by atoms with Crippen molar-refractivity contribution in [2.75, 3.05) is 12.3 Å². The SMILES string of the molecule is Nc1nc2c(c(=O)[nH]1)N=C[N+]2([O-])[C@@H]1O[C@H](CO)[C@@H](O)[C@H]1O. The van der Waals surface area contributed by atoms with Gasteiger partial charge in [0.05, 0.1) is 6.61 Å². The number of hydrogen-bond acceptors (Lipinski definition) is 9. The van der Waals surface area contributed by atoms with Crippen molar-refractivity contribution in [2.45, 2.75) is 24.5 Å². The lowest BCUT2D eigenvalue weighted by atomic mass is 10.1. The highest BCUT2D eigenvalue weighted by molar-refractivity contribution is 5.87. The summed E-state index contributed by atoms with van der Waals surface area (Å²) >= 11 is 0. The molecule has 21 heavy (non-hydrogen) atoms. The summed E-state index contributed by atoms with van der Waals surface area (Å²) in [5, 5.41) is 41.6. The van der Waals surface area contributed by atoms with E-state index in [1.807, 2.05) is 0 Å². The second-order valence-electron chi connectivity index (χ2n) is 4.81. The third kappa shape index (κ3) is 1.87. The Morgan fingerprint density at radius 2 is 2.19 bits per heavy atom. The van der Waals surface area contributed by atoms with Crippen LogP contribution in [0.5, 0.6) is 0 Å². The molecule has 0 radical (unpaired) electrons. The zero-order valence-corrected chi connectivity index (χ0v) is 10.6. The van der Waals surface area contributed by atoms with Crippen LogP contribution in [0.3, 0.4) is 0 Å². The summed E-state index contributed by atoms with van der Waals surface area (Å²) in [7, 11) is 0. The number of hydroxylamine groups is 2. The van der Waals surface area contributed by atoms with Crippen molar-refractivity contribution >= 4 is 23.8 Å². The number of aliphatic hydroxyl groups is 3. The van der Waals surface area contributed by atoms with Crippen LogP contribution >= 0.6 is 0 Å². The fraction of sp³-hybridized carbons (Fsp3) is 0.500. The topological polar surface area (TPSA) is 177 Å². The maximum Gasteiger partial charge on any atom is 0.284 e. The number of quaternary nitrogens is 1. The number of nitrogen functional groups attached to an aromatic ring is 1. The first-order valence-corrected chi connectivity index (χ1v) is 6.06. The maximum atomic E-state index is 12.9. The Balaban J connectivity index is 2.06. The van der Waals surface area contributed by atoms with Crippen molar-refractivity contribution in [2.24, 2.45) is 4.99 Å². The lowest BCUT2D eigenvalue weighted by Crippen LogP contribution is -2.55. The third-order valence-corrected chi connectivity index (χ3v) is 3.48. The monoisotopic (exact) mass is 299 g/mol. The van der Waals surface area contributed by atoms with Crippen molar-refractivity contribution in [1.29, 1.82) is 0 Å². The molecule has 0 aromatic carbocycles. The molecule has 3 heterocycles. The van der Waals surface area contributed by atoms with Gasteiger partial charge in [-0.25, -0.2) is 4.65 Å². The van der Waals surface area contributed by atoms with Crippen molar-refractivity contribution in [3.63, 3.8) is 0 Å². The number of ether oxygens (including phenoxy) is 1. The van der Waals surface area contributed by atoms with Gasteiger partial charge in [-0.3, -0.25) is 9.78 Å². The van der Waals surface area contributed by atoms with E-state index in [1.54, 1.807) is 0 Å². The summed E-state index contributed by atoms with van der Waals surface area (Å²) in [6.45, 7) is -0.580. The largest absolute Gasteiger partial charge is 0.618 e. The van der Waals surface area contributed by atoms with Crippen LogP contribution in [0.15, 0.2) is 9.79 Å². The maximum absolute atomic E-state index is 12.9. The Bertz CT molecular complexity index is 662. The van der Waals surface area contributed by atoms with Gasteiger partial charge in [0, 0.05) is 0 Å². The number of anilines is 1. The van der Waals surface area contributed by atoms with Crippen LogP contribution in [0.2, 0.25) is 0 Å². The van der Waals surface area contributed by atoms with E-state index < -0.39 is 41.4 Å². The summed E-state index contributed by atoms with van der Waals surface area (Å²) in [4.78, 5) is 21.3. The molecule has 6 N–H and O–H groups in total. The minimum absolute atomic E-state index is 0.239. The molecule has 114 valence electrons. The lowest BCUT2D eigenvalue weighted by Gasteiger charge is -2.38. The molecule has 0 spiro atoms. The number of nitrogens with zero attached hydrogens (tertiary/aromatic N) is 3. The summed E-state index contributed by atoms with van der Waals surface area (Å²) < 4.78 is 3.68. The van der Waals surface area contributed by atoms with Crippen molar-refractivity contribution in [3.8, 4) is 0 Å². The highest BCUT2D eigenvalue weighted by Gasteiger charge is 2.54. The molecule has 0 bridgehead atoms. The first-order chi connectivity index (χ1) is 9.88. The Labute approximate surface area is 117 Å². The van der Waals surface area contributed by atoms with E-state index in [0.717, 1.165) is 6.34 Å². The van der Waals surface area contributed by atoms with Gasteiger partial charge >= 0.3 is 0 Å². The smallest absolute Gasteiger partial charge is 0.284 e. The Morgan fingerprint density at radius 1 is 1.48 bits per heavy atom. The van der Waals surface area contributed by atoms with Gasteiger partial charge in [0.25, 0.3) is 11.4 Å². The van der Waals surface area contributed by atoms with Crippen molar-refractivity contribution in [3.05, 3.63) is 15.6 Å². The van der Waals surface area contributed by atoms with Gasteiger partial charge in [-0.2, -0.15) is 9.98 Å². The molecule has 1 fully saturated rings. The quantitative estimate of drug-likeness (QED) is 0.288. The van der Waals surface area contributed by atoms with Gasteiger partial charge in [0.15, 0.2) is 12.4 Å². The molecule has 5 atom stereocenters. The highest BCUT2D eigenvalue weighted by Crippen LogP contribution is 2.39. The molecule has 3 rings (SSSR count). The number of aliphatic imine (C=N–C) groups is 1. The summed E-state index contributed by atoms with van der Waals surface area (Å²) in [5.74, 6) is -0.625. The number of rotatable bonds is 2. The normalized spacial score (nSPS) is 37.9. The van der Waals surface area contributed by atoms with E-state index in [4.69, 9.17) is 15.6 Å². The fourth-order valence-corrected chi connectivity index (χ4v) is 2.41. The number of aromatic amines is 1. The van der Waals surface area contributed by atoms with E-state index >= 15 is 0 Å². The van der Waals surface area contributed by atoms with Crippen LogP contribution < -0.4 is 15.9 Å². The van der Waals surface area contributed by atoms with Gasteiger partial charge in [-0.05, 0) is 0 Å². The van der Waals surface area contributed by atoms with E-state index in [0.29, 0.717) is 0 Å². The minimum atomic E-state index is -1.58. The molecule has 1 unspecified atom stereocenters. The molecular formula is C10H13N5O6. The second kappa shape index (κ2) is 4.56. The molecule has 2 aliphatic heterocycles. The first-order valence-electron chi connectivity index (χ1n) is 6.06. The molecule has 2 aliphatic rings. The van der Waals surface area contributed by atoms with Gasteiger partial charge in [0.1, 0.15) is 12.2 Å². The third-order valence-electron chi connectivity index (χ3n) is 3.48. The predicted octanol–water partition coefficient (Wildman–Crippen LogP) is -2.73. The Kier molecular flexibility index (Phi) is 3.05. The number of aliphatic hydroxyl groups excluding tert-OH is 3. The zero-order chi connectivity index (χ0) is 15.4. The van der Waals surface area contributed by atoms with E-state index in [-0.39, 0.29) is 17.5 Å². The van der Waals surface area contributed by atoms with Crippen molar-refractivity contribution in [1.82, 2.24) is 14.6 Å². The molecule has 1 aromatic heterocycles. The zero-order valence-electron chi connectivity index (χ0n) is 10.6. The van der Waals surface area contributed by atoms with Crippen LogP contribution in [0.25, 0.3) is 0 Å². The number of aromatic nitrogens is 2. The molecule has 0 saturated carbocycles. The van der Waals surface area contributed by atoms with E-state index in [1.165, 1.54) is 0 Å². The standard InChI is InChI=1S/C10H13N5O6/c11-10-13-7-4(8(19)14-10)12-2-15(7,20)9-6(18)5(17)3(1-16)21-9/h2-3,5-6,9,16-18H,1H2,(H3,11,13,14,19)/t3-,5-,6-,9-,15?/m1/s1. The van der Waals surface area contributed by atoms with Gasteiger partial charge in [0.2, 0.25) is 17.9 Å². The molecule has 11 heteroatoms. The molecule has 11 nitrogen and oxygen atoms in total. The number of hydrogen-bond donors (Lipinski definition) is 5. The van der Waals surface area contributed by atoms with E-state index in [9.17, 15) is 20.2 Å². The fourth-order valence-electron chi connectivity index (χ4n) is 2.41. The highest BCUT2D eigenvalue weighted by atomic mass is 16.7. The van der Waals surface area contributed by atoms with Crippen LogP contribution in [0, 0.1) is 5.21 Å². The number of nitrogens with two attached hydrogens (primary N) is 1.